The van der Waals surface area contributed by atoms with Gasteiger partial charge >= 0.3 is 11.7 Å². The molecule has 1 aliphatic rings. The number of sulfonamides is 1. The van der Waals surface area contributed by atoms with Gasteiger partial charge in [0, 0.05) is 58.6 Å². The molecule has 1 N–H and O–H groups in total. The first-order chi connectivity index (χ1) is 15.0. The van der Waals surface area contributed by atoms with Gasteiger partial charge in [0.1, 0.15) is 12.4 Å². The summed E-state index contributed by atoms with van der Waals surface area (Å²) < 4.78 is 32.7. The van der Waals surface area contributed by atoms with Crippen molar-refractivity contribution in [1.82, 2.24) is 14.0 Å². The fourth-order valence-electron chi connectivity index (χ4n) is 3.46. The van der Waals surface area contributed by atoms with Crippen molar-refractivity contribution >= 4 is 27.5 Å². The number of benzene rings is 1. The number of hydrogen-bond donors (Lipinski definition) is 1. The van der Waals surface area contributed by atoms with Crippen molar-refractivity contribution in [3.05, 3.63) is 56.7 Å². The average molecular weight is 466 g/mol. The van der Waals surface area contributed by atoms with Crippen LogP contribution in [0.4, 0.5) is 11.5 Å². The Balaban J connectivity index is 1.47. The molecular weight excluding hydrogens is 438 g/mol. The van der Waals surface area contributed by atoms with E-state index in [0.717, 1.165) is 10.8 Å². The molecule has 1 saturated heterocycles. The van der Waals surface area contributed by atoms with E-state index >= 15 is 0 Å². The third-order valence-corrected chi connectivity index (χ3v) is 5.87. The second-order valence-electron chi connectivity index (χ2n) is 7.66. The molecule has 32 heavy (non-hydrogen) atoms. The van der Waals surface area contributed by atoms with Crippen LogP contribution in [0.1, 0.15) is 10.4 Å². The average Bonchev–Trinajstić information content (AvgIpc) is 2.74. The van der Waals surface area contributed by atoms with Crippen molar-refractivity contribution in [2.24, 2.45) is 14.1 Å². The minimum absolute atomic E-state index is 0.215. The van der Waals surface area contributed by atoms with Crippen LogP contribution in [-0.4, -0.2) is 74.0 Å². The van der Waals surface area contributed by atoms with E-state index in [1.807, 2.05) is 4.90 Å². The predicted octanol–water partition coefficient (Wildman–Crippen LogP) is -0.565. The summed E-state index contributed by atoms with van der Waals surface area (Å²) in [5.74, 6) is 0.114. The lowest BCUT2D eigenvalue weighted by Gasteiger charge is -2.36. The van der Waals surface area contributed by atoms with E-state index in [1.54, 1.807) is 7.05 Å². The highest BCUT2D eigenvalue weighted by Gasteiger charge is 2.20. The number of ether oxygens (including phenoxy) is 1. The van der Waals surface area contributed by atoms with E-state index in [-0.39, 0.29) is 17.9 Å². The molecule has 174 valence electrons. The van der Waals surface area contributed by atoms with Gasteiger partial charge in [-0.3, -0.25) is 23.6 Å². The van der Waals surface area contributed by atoms with Crippen LogP contribution in [-0.2, 0) is 28.9 Å². The molecule has 0 amide bonds. The molecule has 2 heterocycles. The Morgan fingerprint density at radius 3 is 2.25 bits per heavy atom. The third kappa shape index (κ3) is 5.77. The number of nitrogens with zero attached hydrogens (tertiary/aromatic N) is 4. The number of rotatable bonds is 7. The highest BCUT2D eigenvalue weighted by Crippen LogP contribution is 2.13. The fraction of sp³-hybridized carbons (Fsp3) is 0.450. The Bertz CT molecular complexity index is 1190. The second kappa shape index (κ2) is 9.57. The van der Waals surface area contributed by atoms with Crippen molar-refractivity contribution < 1.29 is 17.9 Å². The highest BCUT2D eigenvalue weighted by molar-refractivity contribution is 7.92. The standard InChI is InChI=1S/C20H27N5O6S/c1-22-17(14-18(26)23(2)20(22)28)25-10-8-24(9-11-25)12-13-31-19(27)15-4-6-16(7-5-15)21-32(3,29)30/h4-7,14,21H,8-13H2,1-3H3. The van der Waals surface area contributed by atoms with Crippen LogP contribution in [0.2, 0.25) is 0 Å². The van der Waals surface area contributed by atoms with Gasteiger partial charge < -0.3 is 9.64 Å². The zero-order valence-electron chi connectivity index (χ0n) is 18.3. The number of nitrogens with one attached hydrogen (secondary N) is 1. The molecule has 0 spiro atoms. The molecule has 0 atom stereocenters. The number of hydrogen-bond acceptors (Lipinski definition) is 8. The quantitative estimate of drug-likeness (QED) is 0.540. The summed E-state index contributed by atoms with van der Waals surface area (Å²) in [5.41, 5.74) is 0.00989. The topological polar surface area (TPSA) is 123 Å². The molecule has 1 aromatic carbocycles. The van der Waals surface area contributed by atoms with Gasteiger partial charge in [0.15, 0.2) is 0 Å². The summed E-state index contributed by atoms with van der Waals surface area (Å²) >= 11 is 0. The maximum Gasteiger partial charge on any atom is 0.338 e. The van der Waals surface area contributed by atoms with Gasteiger partial charge in [0.05, 0.1) is 11.8 Å². The number of carbonyl (C=O) groups is 1. The van der Waals surface area contributed by atoms with E-state index in [9.17, 15) is 22.8 Å². The van der Waals surface area contributed by atoms with Gasteiger partial charge in [-0.05, 0) is 24.3 Å². The van der Waals surface area contributed by atoms with Crippen LogP contribution in [0.15, 0.2) is 39.9 Å². The van der Waals surface area contributed by atoms with Gasteiger partial charge in [0.25, 0.3) is 5.56 Å². The SMILES string of the molecule is Cn1c(N2CCN(CCOC(=O)c3ccc(NS(C)(=O)=O)cc3)CC2)cc(=O)n(C)c1=O. The number of piperazine rings is 1. The van der Waals surface area contributed by atoms with Crippen molar-refractivity contribution in [1.29, 1.82) is 0 Å². The molecule has 0 bridgehead atoms. The molecule has 11 nitrogen and oxygen atoms in total. The summed E-state index contributed by atoms with van der Waals surface area (Å²) in [6, 6.07) is 7.48. The van der Waals surface area contributed by atoms with Crippen LogP contribution in [0.25, 0.3) is 0 Å². The number of aromatic nitrogens is 2. The van der Waals surface area contributed by atoms with E-state index in [1.165, 1.54) is 41.9 Å². The lowest BCUT2D eigenvalue weighted by Crippen LogP contribution is -2.50. The number of carbonyl (C=O) groups excluding carboxylic acids is 1. The van der Waals surface area contributed by atoms with E-state index < -0.39 is 16.0 Å². The van der Waals surface area contributed by atoms with Gasteiger partial charge in [0.2, 0.25) is 10.0 Å². The molecule has 1 fully saturated rings. The first-order valence-electron chi connectivity index (χ1n) is 10.0. The van der Waals surface area contributed by atoms with Crippen molar-refractivity contribution in [3.63, 3.8) is 0 Å². The maximum atomic E-state index is 12.2. The van der Waals surface area contributed by atoms with Crippen LogP contribution < -0.4 is 20.9 Å². The first-order valence-corrected chi connectivity index (χ1v) is 11.9. The van der Waals surface area contributed by atoms with Crippen LogP contribution >= 0.6 is 0 Å². The fourth-order valence-corrected chi connectivity index (χ4v) is 4.03. The monoisotopic (exact) mass is 465 g/mol. The minimum Gasteiger partial charge on any atom is -0.461 e. The van der Waals surface area contributed by atoms with Gasteiger partial charge in [-0.1, -0.05) is 0 Å². The van der Waals surface area contributed by atoms with Crippen LogP contribution in [0.3, 0.4) is 0 Å². The minimum atomic E-state index is -3.38. The van der Waals surface area contributed by atoms with E-state index in [2.05, 4.69) is 9.62 Å². The van der Waals surface area contributed by atoms with Crippen LogP contribution in [0, 0.1) is 0 Å². The summed E-state index contributed by atoms with van der Waals surface area (Å²) in [6.45, 7) is 3.46. The molecule has 1 aromatic heterocycles. The highest BCUT2D eigenvalue weighted by atomic mass is 32.2. The van der Waals surface area contributed by atoms with Crippen molar-refractivity contribution in [2.45, 2.75) is 0 Å². The molecule has 3 rings (SSSR count). The second-order valence-corrected chi connectivity index (χ2v) is 9.41. The Hall–Kier alpha value is -3.12. The van der Waals surface area contributed by atoms with Crippen molar-refractivity contribution in [3.8, 4) is 0 Å². The summed E-state index contributed by atoms with van der Waals surface area (Å²) in [7, 11) is -0.277. The molecule has 1 aliphatic heterocycles. The van der Waals surface area contributed by atoms with Gasteiger partial charge in [-0.25, -0.2) is 18.0 Å². The molecule has 2 aromatic rings. The lowest BCUT2D eigenvalue weighted by atomic mass is 10.2. The van der Waals surface area contributed by atoms with Gasteiger partial charge in [-0.15, -0.1) is 0 Å². The largest absolute Gasteiger partial charge is 0.461 e. The normalized spacial score (nSPS) is 14.9. The Morgan fingerprint density at radius 2 is 1.66 bits per heavy atom. The Kier molecular flexibility index (Phi) is 7.04. The third-order valence-electron chi connectivity index (χ3n) is 5.26. The number of esters is 1. The molecule has 0 saturated carbocycles. The maximum absolute atomic E-state index is 12.2. The zero-order valence-corrected chi connectivity index (χ0v) is 19.1. The Labute approximate surface area is 185 Å². The molecular formula is C20H27N5O6S. The number of anilines is 2. The van der Waals surface area contributed by atoms with Crippen LogP contribution in [0.5, 0.6) is 0 Å². The Morgan fingerprint density at radius 1 is 1.03 bits per heavy atom. The molecule has 0 unspecified atom stereocenters. The smallest absolute Gasteiger partial charge is 0.338 e. The molecule has 0 radical (unpaired) electrons. The lowest BCUT2D eigenvalue weighted by molar-refractivity contribution is 0.0459. The summed E-state index contributed by atoms with van der Waals surface area (Å²) in [5, 5.41) is 0. The van der Waals surface area contributed by atoms with Gasteiger partial charge in [-0.2, -0.15) is 0 Å². The van der Waals surface area contributed by atoms with E-state index in [0.29, 0.717) is 49.8 Å². The zero-order chi connectivity index (χ0) is 23.5. The predicted molar refractivity (Wildman–Crippen MR) is 121 cm³/mol. The molecule has 12 heteroatoms. The molecule has 0 aliphatic carbocycles. The first kappa shape index (κ1) is 23.5. The van der Waals surface area contributed by atoms with Crippen molar-refractivity contribution in [2.75, 3.05) is 55.2 Å². The van der Waals surface area contributed by atoms with E-state index in [4.69, 9.17) is 4.74 Å². The summed E-state index contributed by atoms with van der Waals surface area (Å²) in [4.78, 5) is 40.4. The summed E-state index contributed by atoms with van der Waals surface area (Å²) in [6.07, 6.45) is 1.05.